The van der Waals surface area contributed by atoms with Crippen LogP contribution in [0.15, 0.2) is 27.2 Å². The molecule has 0 atom stereocenters. The van der Waals surface area contributed by atoms with Gasteiger partial charge in [-0.1, -0.05) is 0 Å². The van der Waals surface area contributed by atoms with Gasteiger partial charge in [0.25, 0.3) is 0 Å². The molecule has 2 nitrogen and oxygen atoms in total. The standard InChI is InChI=1S/C10H9ClO2/c1-6-3-4-12-9(6)8-5-7(2)10(11)13-8/h3-5H,1-2H3. The highest BCUT2D eigenvalue weighted by molar-refractivity contribution is 6.29. The largest absolute Gasteiger partial charge is 0.461 e. The molecule has 0 aliphatic carbocycles. The SMILES string of the molecule is Cc1cc(-c2occc2C)oc1Cl. The Labute approximate surface area is 81.1 Å². The van der Waals surface area contributed by atoms with Crippen LogP contribution in [0.1, 0.15) is 11.1 Å². The van der Waals surface area contributed by atoms with Crippen molar-refractivity contribution in [3.8, 4) is 11.5 Å². The summed E-state index contributed by atoms with van der Waals surface area (Å²) in [4.78, 5) is 0. The lowest BCUT2D eigenvalue weighted by Gasteiger charge is -1.90. The monoisotopic (exact) mass is 196 g/mol. The minimum absolute atomic E-state index is 0.422. The van der Waals surface area contributed by atoms with Crippen LogP contribution in [0.25, 0.3) is 11.5 Å². The van der Waals surface area contributed by atoms with Gasteiger partial charge in [-0.3, -0.25) is 0 Å². The van der Waals surface area contributed by atoms with E-state index in [1.165, 1.54) is 0 Å². The quantitative estimate of drug-likeness (QED) is 0.693. The molecule has 13 heavy (non-hydrogen) atoms. The Morgan fingerprint density at radius 1 is 1.23 bits per heavy atom. The maximum absolute atomic E-state index is 5.79. The van der Waals surface area contributed by atoms with E-state index in [1.54, 1.807) is 6.26 Å². The highest BCUT2D eigenvalue weighted by Crippen LogP contribution is 2.30. The fourth-order valence-corrected chi connectivity index (χ4v) is 1.33. The van der Waals surface area contributed by atoms with Crippen LogP contribution < -0.4 is 0 Å². The van der Waals surface area contributed by atoms with Gasteiger partial charge in [-0.05, 0) is 43.1 Å². The number of aryl methyl sites for hydroxylation is 2. The molecule has 0 saturated heterocycles. The minimum Gasteiger partial charge on any atom is -0.461 e. The summed E-state index contributed by atoms with van der Waals surface area (Å²) in [5.74, 6) is 1.43. The fraction of sp³-hybridized carbons (Fsp3) is 0.200. The molecular weight excluding hydrogens is 188 g/mol. The second kappa shape index (κ2) is 2.96. The summed E-state index contributed by atoms with van der Waals surface area (Å²) in [5, 5.41) is 0.422. The molecule has 68 valence electrons. The van der Waals surface area contributed by atoms with Gasteiger partial charge in [0.2, 0.25) is 0 Å². The minimum atomic E-state index is 0.422. The first-order chi connectivity index (χ1) is 6.18. The van der Waals surface area contributed by atoms with Crippen LogP contribution in [-0.4, -0.2) is 0 Å². The second-order valence-electron chi connectivity index (χ2n) is 3.00. The van der Waals surface area contributed by atoms with Crippen LogP contribution in [0.2, 0.25) is 5.22 Å². The lowest BCUT2D eigenvalue weighted by Crippen LogP contribution is -1.70. The Morgan fingerprint density at radius 2 is 2.00 bits per heavy atom. The van der Waals surface area contributed by atoms with Crippen LogP contribution in [0.5, 0.6) is 0 Å². The van der Waals surface area contributed by atoms with Crippen molar-refractivity contribution in [2.24, 2.45) is 0 Å². The van der Waals surface area contributed by atoms with Crippen molar-refractivity contribution in [2.45, 2.75) is 13.8 Å². The van der Waals surface area contributed by atoms with E-state index in [9.17, 15) is 0 Å². The number of rotatable bonds is 1. The van der Waals surface area contributed by atoms with E-state index in [1.807, 2.05) is 26.0 Å². The summed E-state index contributed by atoms with van der Waals surface area (Å²) in [7, 11) is 0. The van der Waals surface area contributed by atoms with E-state index in [4.69, 9.17) is 20.4 Å². The first kappa shape index (κ1) is 8.45. The zero-order valence-electron chi connectivity index (χ0n) is 7.43. The van der Waals surface area contributed by atoms with Crippen molar-refractivity contribution >= 4 is 11.6 Å². The molecule has 0 radical (unpaired) electrons. The third-order valence-electron chi connectivity index (χ3n) is 1.94. The first-order valence-electron chi connectivity index (χ1n) is 3.99. The van der Waals surface area contributed by atoms with Crippen LogP contribution in [0.4, 0.5) is 0 Å². The van der Waals surface area contributed by atoms with Gasteiger partial charge >= 0.3 is 0 Å². The Kier molecular flexibility index (Phi) is 1.93. The Morgan fingerprint density at radius 3 is 2.46 bits per heavy atom. The Hall–Kier alpha value is -1.15. The van der Waals surface area contributed by atoms with Crippen LogP contribution in [0.3, 0.4) is 0 Å². The van der Waals surface area contributed by atoms with Gasteiger partial charge in [0.15, 0.2) is 16.7 Å². The zero-order valence-corrected chi connectivity index (χ0v) is 8.18. The van der Waals surface area contributed by atoms with Gasteiger partial charge in [0, 0.05) is 5.56 Å². The molecule has 0 N–H and O–H groups in total. The maximum Gasteiger partial charge on any atom is 0.197 e. The van der Waals surface area contributed by atoms with Crippen molar-refractivity contribution in [1.82, 2.24) is 0 Å². The zero-order chi connectivity index (χ0) is 9.42. The first-order valence-corrected chi connectivity index (χ1v) is 4.36. The molecular formula is C10H9ClO2. The predicted octanol–water partition coefficient (Wildman–Crippen LogP) is 3.81. The van der Waals surface area contributed by atoms with E-state index in [-0.39, 0.29) is 0 Å². The van der Waals surface area contributed by atoms with Gasteiger partial charge in [-0.15, -0.1) is 0 Å². The third-order valence-corrected chi connectivity index (χ3v) is 2.32. The average Bonchev–Trinajstić information content (AvgIpc) is 2.60. The molecule has 0 unspecified atom stereocenters. The summed E-state index contributed by atoms with van der Waals surface area (Å²) in [6.07, 6.45) is 1.64. The highest BCUT2D eigenvalue weighted by atomic mass is 35.5. The lowest BCUT2D eigenvalue weighted by molar-refractivity contribution is 0.523. The maximum atomic E-state index is 5.79. The Bertz CT molecular complexity index is 406. The van der Waals surface area contributed by atoms with Crippen molar-refractivity contribution in [2.75, 3.05) is 0 Å². The normalized spacial score (nSPS) is 10.7. The smallest absolute Gasteiger partial charge is 0.197 e. The molecule has 2 aromatic heterocycles. The van der Waals surface area contributed by atoms with Crippen molar-refractivity contribution in [3.05, 3.63) is 34.7 Å². The van der Waals surface area contributed by atoms with Crippen LogP contribution in [-0.2, 0) is 0 Å². The molecule has 0 saturated carbocycles. The van der Waals surface area contributed by atoms with Gasteiger partial charge in [0.05, 0.1) is 6.26 Å². The van der Waals surface area contributed by atoms with Gasteiger partial charge < -0.3 is 8.83 Å². The van der Waals surface area contributed by atoms with E-state index >= 15 is 0 Å². The lowest BCUT2D eigenvalue weighted by atomic mass is 10.2. The number of furan rings is 2. The van der Waals surface area contributed by atoms with E-state index in [2.05, 4.69) is 0 Å². The molecule has 0 amide bonds. The molecule has 2 rings (SSSR count). The van der Waals surface area contributed by atoms with Crippen LogP contribution in [0, 0.1) is 13.8 Å². The van der Waals surface area contributed by atoms with Crippen molar-refractivity contribution in [1.29, 1.82) is 0 Å². The molecule has 0 aliphatic heterocycles. The molecule has 0 aromatic carbocycles. The van der Waals surface area contributed by atoms with Gasteiger partial charge in [0.1, 0.15) is 0 Å². The van der Waals surface area contributed by atoms with E-state index < -0.39 is 0 Å². The predicted molar refractivity (Wildman–Crippen MR) is 50.9 cm³/mol. The summed E-state index contributed by atoms with van der Waals surface area (Å²) in [6.45, 7) is 3.86. The van der Waals surface area contributed by atoms with E-state index in [0.29, 0.717) is 11.0 Å². The van der Waals surface area contributed by atoms with Crippen molar-refractivity contribution in [3.63, 3.8) is 0 Å². The summed E-state index contributed by atoms with van der Waals surface area (Å²) < 4.78 is 10.6. The molecule has 3 heteroatoms. The molecule has 0 fully saturated rings. The summed E-state index contributed by atoms with van der Waals surface area (Å²) in [5.41, 5.74) is 1.97. The summed E-state index contributed by atoms with van der Waals surface area (Å²) in [6, 6.07) is 3.76. The fourth-order valence-electron chi connectivity index (χ4n) is 1.20. The summed E-state index contributed by atoms with van der Waals surface area (Å²) >= 11 is 5.79. The highest BCUT2D eigenvalue weighted by Gasteiger charge is 2.11. The third kappa shape index (κ3) is 1.38. The number of hydrogen-bond donors (Lipinski definition) is 0. The van der Waals surface area contributed by atoms with Crippen LogP contribution >= 0.6 is 11.6 Å². The topological polar surface area (TPSA) is 26.3 Å². The molecule has 2 aromatic rings. The average molecular weight is 197 g/mol. The second-order valence-corrected chi connectivity index (χ2v) is 3.34. The molecule has 0 spiro atoms. The molecule has 0 bridgehead atoms. The van der Waals surface area contributed by atoms with Gasteiger partial charge in [-0.2, -0.15) is 0 Å². The molecule has 2 heterocycles. The molecule has 0 aliphatic rings. The van der Waals surface area contributed by atoms with Crippen molar-refractivity contribution < 1.29 is 8.83 Å². The van der Waals surface area contributed by atoms with E-state index in [0.717, 1.165) is 16.9 Å². The number of hydrogen-bond acceptors (Lipinski definition) is 2. The number of halogens is 1. The Balaban J connectivity index is 2.53. The van der Waals surface area contributed by atoms with Gasteiger partial charge in [-0.25, -0.2) is 0 Å².